The summed E-state index contributed by atoms with van der Waals surface area (Å²) in [5, 5.41) is 8.61. The molecule has 1 aromatic rings. The summed E-state index contributed by atoms with van der Waals surface area (Å²) in [6, 6.07) is 7.23. The van der Waals surface area contributed by atoms with Gasteiger partial charge < -0.3 is 16.6 Å². The van der Waals surface area contributed by atoms with Gasteiger partial charge in [0.15, 0.2) is 0 Å². The van der Waals surface area contributed by atoms with Gasteiger partial charge in [-0.1, -0.05) is 30.3 Å². The number of rotatable bonds is 3. The quantitative estimate of drug-likeness (QED) is 0.687. The largest absolute Gasteiger partial charge is 0.480 e. The SMILES string of the molecule is Cl.N[C@H](C(=O)O)[C@H](N)c1ccccc1. The predicted octanol–water partition coefficient (Wildman–Crippen LogP) is 0.520. The molecule has 0 fully saturated rings. The highest BCUT2D eigenvalue weighted by atomic mass is 35.5. The van der Waals surface area contributed by atoms with E-state index in [2.05, 4.69) is 0 Å². The standard InChI is InChI=1S/C9H12N2O2.ClH/c10-7(8(11)9(12)13)6-4-2-1-3-5-6;/h1-5,7-8H,10-11H2,(H,12,13);1H/t7-,8+;/m1./s1. The van der Waals surface area contributed by atoms with Crippen LogP contribution >= 0.6 is 12.4 Å². The van der Waals surface area contributed by atoms with Gasteiger partial charge in [-0.15, -0.1) is 12.4 Å². The lowest BCUT2D eigenvalue weighted by atomic mass is 10.0. The van der Waals surface area contributed by atoms with Gasteiger partial charge in [0.25, 0.3) is 0 Å². The molecule has 0 spiro atoms. The van der Waals surface area contributed by atoms with Crippen molar-refractivity contribution in [3.8, 4) is 0 Å². The smallest absolute Gasteiger partial charge is 0.322 e. The van der Waals surface area contributed by atoms with Crippen LogP contribution in [-0.2, 0) is 4.79 Å². The van der Waals surface area contributed by atoms with E-state index in [-0.39, 0.29) is 12.4 Å². The topological polar surface area (TPSA) is 89.3 Å². The Morgan fingerprint density at radius 3 is 2.14 bits per heavy atom. The minimum atomic E-state index is -1.09. The lowest BCUT2D eigenvalue weighted by Crippen LogP contribution is -2.40. The van der Waals surface area contributed by atoms with E-state index in [9.17, 15) is 4.79 Å². The molecule has 5 N–H and O–H groups in total. The highest BCUT2D eigenvalue weighted by Gasteiger charge is 2.21. The predicted molar refractivity (Wildman–Crippen MR) is 56.2 cm³/mol. The van der Waals surface area contributed by atoms with Crippen LogP contribution in [0.1, 0.15) is 11.6 Å². The molecule has 0 aliphatic rings. The number of halogens is 1. The second-order valence-corrected chi connectivity index (χ2v) is 2.80. The Morgan fingerprint density at radius 1 is 1.21 bits per heavy atom. The van der Waals surface area contributed by atoms with Gasteiger partial charge in [-0.05, 0) is 5.56 Å². The van der Waals surface area contributed by atoms with Crippen LogP contribution in [0.4, 0.5) is 0 Å². The van der Waals surface area contributed by atoms with E-state index in [4.69, 9.17) is 16.6 Å². The summed E-state index contributed by atoms with van der Waals surface area (Å²) in [6.45, 7) is 0. The highest BCUT2D eigenvalue weighted by molar-refractivity contribution is 5.85. The lowest BCUT2D eigenvalue weighted by Gasteiger charge is -2.15. The molecule has 0 saturated carbocycles. The molecule has 0 unspecified atom stereocenters. The molecule has 78 valence electrons. The van der Waals surface area contributed by atoms with Crippen LogP contribution < -0.4 is 11.5 Å². The van der Waals surface area contributed by atoms with Crippen molar-refractivity contribution in [2.45, 2.75) is 12.1 Å². The van der Waals surface area contributed by atoms with Crippen molar-refractivity contribution in [2.24, 2.45) is 11.5 Å². The molecule has 0 heterocycles. The average Bonchev–Trinajstić information content (AvgIpc) is 2.17. The van der Waals surface area contributed by atoms with E-state index < -0.39 is 18.1 Å². The number of nitrogens with two attached hydrogens (primary N) is 2. The Bertz CT molecular complexity index is 292. The second-order valence-electron chi connectivity index (χ2n) is 2.80. The van der Waals surface area contributed by atoms with Gasteiger partial charge >= 0.3 is 5.97 Å². The molecule has 2 atom stereocenters. The van der Waals surface area contributed by atoms with Gasteiger partial charge in [0.05, 0.1) is 6.04 Å². The van der Waals surface area contributed by atoms with E-state index in [0.29, 0.717) is 0 Å². The molecule has 0 radical (unpaired) electrons. The third-order valence-corrected chi connectivity index (χ3v) is 1.86. The third-order valence-electron chi connectivity index (χ3n) is 1.86. The second kappa shape index (κ2) is 5.59. The zero-order valence-corrected chi connectivity index (χ0v) is 8.28. The van der Waals surface area contributed by atoms with Crippen LogP contribution in [-0.4, -0.2) is 17.1 Å². The first-order valence-electron chi connectivity index (χ1n) is 3.92. The first-order chi connectivity index (χ1) is 6.13. The number of benzene rings is 1. The summed E-state index contributed by atoms with van der Waals surface area (Å²) in [5.41, 5.74) is 11.7. The maximum absolute atomic E-state index is 10.5. The molecule has 1 aromatic carbocycles. The number of carbonyl (C=O) groups is 1. The molecule has 4 nitrogen and oxygen atoms in total. The van der Waals surface area contributed by atoms with Crippen molar-refractivity contribution in [3.63, 3.8) is 0 Å². The van der Waals surface area contributed by atoms with Crippen LogP contribution in [0.25, 0.3) is 0 Å². The summed E-state index contributed by atoms with van der Waals surface area (Å²) >= 11 is 0. The Balaban J connectivity index is 0.00000169. The van der Waals surface area contributed by atoms with Crippen molar-refractivity contribution in [1.82, 2.24) is 0 Å². The van der Waals surface area contributed by atoms with Crippen molar-refractivity contribution in [1.29, 1.82) is 0 Å². The molecule has 0 saturated heterocycles. The van der Waals surface area contributed by atoms with E-state index in [1.54, 1.807) is 24.3 Å². The molecule has 14 heavy (non-hydrogen) atoms. The minimum absolute atomic E-state index is 0. The van der Waals surface area contributed by atoms with Gasteiger partial charge in [-0.25, -0.2) is 0 Å². The van der Waals surface area contributed by atoms with E-state index in [1.165, 1.54) is 0 Å². The Kier molecular flexibility index (Phi) is 5.15. The molecule has 0 bridgehead atoms. The monoisotopic (exact) mass is 216 g/mol. The Morgan fingerprint density at radius 2 is 1.71 bits per heavy atom. The number of aliphatic carboxylic acids is 1. The fraction of sp³-hybridized carbons (Fsp3) is 0.222. The highest BCUT2D eigenvalue weighted by Crippen LogP contribution is 2.11. The van der Waals surface area contributed by atoms with Gasteiger partial charge in [0, 0.05) is 0 Å². The molecule has 1 rings (SSSR count). The van der Waals surface area contributed by atoms with Crippen molar-refractivity contribution >= 4 is 18.4 Å². The number of carboxylic acids is 1. The zero-order valence-electron chi connectivity index (χ0n) is 7.46. The van der Waals surface area contributed by atoms with Crippen LogP contribution in [0.15, 0.2) is 30.3 Å². The summed E-state index contributed by atoms with van der Waals surface area (Å²) in [5.74, 6) is -1.09. The van der Waals surface area contributed by atoms with Gasteiger partial charge in [0.1, 0.15) is 6.04 Å². The molecule has 0 amide bonds. The van der Waals surface area contributed by atoms with Crippen LogP contribution in [0.2, 0.25) is 0 Å². The molecule has 0 aromatic heterocycles. The Labute approximate surface area is 88.3 Å². The molecular formula is C9H13ClN2O2. The summed E-state index contributed by atoms with van der Waals surface area (Å²) in [6.07, 6.45) is 0. The average molecular weight is 217 g/mol. The van der Waals surface area contributed by atoms with Gasteiger partial charge in [-0.3, -0.25) is 4.79 Å². The normalized spacial score (nSPS) is 13.9. The first-order valence-corrected chi connectivity index (χ1v) is 3.92. The number of hydrogen-bond acceptors (Lipinski definition) is 3. The van der Waals surface area contributed by atoms with E-state index in [1.807, 2.05) is 6.07 Å². The molecule has 0 aliphatic heterocycles. The van der Waals surface area contributed by atoms with Crippen LogP contribution in [0.3, 0.4) is 0 Å². The fourth-order valence-electron chi connectivity index (χ4n) is 1.04. The molecular weight excluding hydrogens is 204 g/mol. The lowest BCUT2D eigenvalue weighted by molar-refractivity contribution is -0.139. The molecule has 5 heteroatoms. The van der Waals surface area contributed by atoms with Gasteiger partial charge in [-0.2, -0.15) is 0 Å². The van der Waals surface area contributed by atoms with Crippen molar-refractivity contribution in [3.05, 3.63) is 35.9 Å². The summed E-state index contributed by atoms with van der Waals surface area (Å²) in [4.78, 5) is 10.5. The van der Waals surface area contributed by atoms with Crippen molar-refractivity contribution < 1.29 is 9.90 Å². The Hall–Kier alpha value is -1.10. The zero-order chi connectivity index (χ0) is 9.84. The fourth-order valence-corrected chi connectivity index (χ4v) is 1.04. The first kappa shape index (κ1) is 12.9. The summed E-state index contributed by atoms with van der Waals surface area (Å²) < 4.78 is 0. The van der Waals surface area contributed by atoms with Crippen molar-refractivity contribution in [2.75, 3.05) is 0 Å². The number of carboxylic acid groups (broad SMARTS) is 1. The maximum Gasteiger partial charge on any atom is 0.322 e. The van der Waals surface area contributed by atoms with Crippen LogP contribution in [0.5, 0.6) is 0 Å². The minimum Gasteiger partial charge on any atom is -0.480 e. The van der Waals surface area contributed by atoms with Gasteiger partial charge in [0.2, 0.25) is 0 Å². The summed E-state index contributed by atoms with van der Waals surface area (Å²) in [7, 11) is 0. The third kappa shape index (κ3) is 2.99. The van der Waals surface area contributed by atoms with E-state index in [0.717, 1.165) is 5.56 Å². The number of hydrogen-bond donors (Lipinski definition) is 3. The maximum atomic E-state index is 10.5. The molecule has 0 aliphatic carbocycles. The van der Waals surface area contributed by atoms with E-state index >= 15 is 0 Å². The van der Waals surface area contributed by atoms with Crippen LogP contribution in [0, 0.1) is 0 Å².